The number of carbonyl (C=O) groups is 1. The molecular weight excluding hydrogens is 408 g/mol. The Kier molecular flexibility index (Phi) is 5.28. The molecule has 1 aliphatic heterocycles. The SMILES string of the molecule is Cc1nccn1-c1ccc(N2CCCC(C(=O)Nc3ccc(-n4cnnn4)cc3)C2)nn1. The normalized spacial score (nSPS) is 16.2. The van der Waals surface area contributed by atoms with Gasteiger partial charge in [-0.25, -0.2) is 9.67 Å². The molecule has 11 nitrogen and oxygen atoms in total. The number of benzene rings is 1. The number of nitrogens with zero attached hydrogens (tertiary/aromatic N) is 9. The van der Waals surface area contributed by atoms with E-state index in [9.17, 15) is 4.79 Å². The van der Waals surface area contributed by atoms with E-state index in [-0.39, 0.29) is 11.8 Å². The number of nitrogens with one attached hydrogen (secondary N) is 1. The molecule has 1 aliphatic rings. The van der Waals surface area contributed by atoms with Crippen LogP contribution in [0.15, 0.2) is 55.1 Å². The minimum Gasteiger partial charge on any atom is -0.354 e. The van der Waals surface area contributed by atoms with E-state index in [2.05, 4.69) is 40.9 Å². The lowest BCUT2D eigenvalue weighted by Crippen LogP contribution is -2.41. The molecule has 0 bridgehead atoms. The summed E-state index contributed by atoms with van der Waals surface area (Å²) in [7, 11) is 0. The molecule has 32 heavy (non-hydrogen) atoms. The fourth-order valence-electron chi connectivity index (χ4n) is 3.86. The summed E-state index contributed by atoms with van der Waals surface area (Å²) in [6, 6.07) is 11.3. The van der Waals surface area contributed by atoms with Crippen LogP contribution >= 0.6 is 0 Å². The molecule has 0 aliphatic carbocycles. The van der Waals surface area contributed by atoms with Gasteiger partial charge in [-0.15, -0.1) is 15.3 Å². The van der Waals surface area contributed by atoms with Gasteiger partial charge in [-0.3, -0.25) is 9.36 Å². The summed E-state index contributed by atoms with van der Waals surface area (Å²) in [6.07, 6.45) is 6.87. The molecule has 1 unspecified atom stereocenters. The van der Waals surface area contributed by atoms with Gasteiger partial charge >= 0.3 is 0 Å². The summed E-state index contributed by atoms with van der Waals surface area (Å²) < 4.78 is 3.44. The summed E-state index contributed by atoms with van der Waals surface area (Å²) >= 11 is 0. The van der Waals surface area contributed by atoms with Crippen molar-refractivity contribution in [2.45, 2.75) is 19.8 Å². The van der Waals surface area contributed by atoms with Gasteiger partial charge in [0.05, 0.1) is 11.6 Å². The third-order valence-corrected chi connectivity index (χ3v) is 5.57. The van der Waals surface area contributed by atoms with Gasteiger partial charge < -0.3 is 10.2 Å². The lowest BCUT2D eigenvalue weighted by molar-refractivity contribution is -0.120. The second-order valence-electron chi connectivity index (χ2n) is 7.67. The van der Waals surface area contributed by atoms with Gasteiger partial charge in [0.2, 0.25) is 5.91 Å². The first-order valence-electron chi connectivity index (χ1n) is 10.4. The third-order valence-electron chi connectivity index (χ3n) is 5.57. The number of aryl methyl sites for hydroxylation is 1. The highest BCUT2D eigenvalue weighted by molar-refractivity contribution is 5.93. The lowest BCUT2D eigenvalue weighted by Gasteiger charge is -2.32. The summed E-state index contributed by atoms with van der Waals surface area (Å²) in [6.45, 7) is 3.37. The first-order chi connectivity index (χ1) is 15.7. The second kappa shape index (κ2) is 8.53. The zero-order chi connectivity index (χ0) is 21.9. The van der Waals surface area contributed by atoms with Crippen molar-refractivity contribution >= 4 is 17.4 Å². The molecule has 4 aromatic rings. The van der Waals surface area contributed by atoms with E-state index in [1.54, 1.807) is 10.9 Å². The van der Waals surface area contributed by atoms with Crippen LogP contribution in [0.1, 0.15) is 18.7 Å². The maximum absolute atomic E-state index is 12.9. The summed E-state index contributed by atoms with van der Waals surface area (Å²) in [5, 5.41) is 22.9. The van der Waals surface area contributed by atoms with Crippen LogP contribution in [0.5, 0.6) is 0 Å². The molecule has 1 N–H and O–H groups in total. The monoisotopic (exact) mass is 430 g/mol. The number of carbonyl (C=O) groups excluding carboxylic acids is 1. The first-order valence-corrected chi connectivity index (χ1v) is 10.4. The summed E-state index contributed by atoms with van der Waals surface area (Å²) in [5.74, 6) is 2.23. The van der Waals surface area contributed by atoms with Crippen LogP contribution in [0.4, 0.5) is 11.5 Å². The van der Waals surface area contributed by atoms with Crippen LogP contribution in [0.3, 0.4) is 0 Å². The molecule has 0 spiro atoms. The van der Waals surface area contributed by atoms with Crippen LogP contribution < -0.4 is 10.2 Å². The van der Waals surface area contributed by atoms with Crippen LogP contribution in [-0.4, -0.2) is 59.0 Å². The number of imidazole rings is 1. The fraction of sp³-hybridized carbons (Fsp3) is 0.286. The smallest absolute Gasteiger partial charge is 0.229 e. The molecule has 162 valence electrons. The highest BCUT2D eigenvalue weighted by atomic mass is 16.1. The van der Waals surface area contributed by atoms with Crippen molar-refractivity contribution in [2.24, 2.45) is 5.92 Å². The Bertz CT molecular complexity index is 1180. The van der Waals surface area contributed by atoms with E-state index >= 15 is 0 Å². The molecule has 1 amide bonds. The average molecular weight is 430 g/mol. The largest absolute Gasteiger partial charge is 0.354 e. The molecular formula is C21H22N10O. The zero-order valence-electron chi connectivity index (χ0n) is 17.5. The van der Waals surface area contributed by atoms with E-state index in [1.165, 1.54) is 6.33 Å². The van der Waals surface area contributed by atoms with Crippen molar-refractivity contribution in [3.63, 3.8) is 0 Å². The molecule has 0 saturated carbocycles. The predicted molar refractivity (Wildman–Crippen MR) is 117 cm³/mol. The quantitative estimate of drug-likeness (QED) is 0.509. The topological polar surface area (TPSA) is 120 Å². The zero-order valence-corrected chi connectivity index (χ0v) is 17.5. The van der Waals surface area contributed by atoms with Crippen molar-refractivity contribution in [3.8, 4) is 11.5 Å². The van der Waals surface area contributed by atoms with E-state index in [0.29, 0.717) is 6.54 Å². The highest BCUT2D eigenvalue weighted by Gasteiger charge is 2.27. The molecule has 1 fully saturated rings. The number of anilines is 2. The number of piperidine rings is 1. The highest BCUT2D eigenvalue weighted by Crippen LogP contribution is 2.23. The minimum atomic E-state index is -0.125. The first kappa shape index (κ1) is 19.8. The Morgan fingerprint density at radius 1 is 1.09 bits per heavy atom. The lowest BCUT2D eigenvalue weighted by atomic mass is 9.97. The van der Waals surface area contributed by atoms with Crippen molar-refractivity contribution < 1.29 is 4.79 Å². The number of aromatic nitrogens is 8. The van der Waals surface area contributed by atoms with Gasteiger partial charge in [0.15, 0.2) is 11.6 Å². The number of tetrazole rings is 1. The Hall–Kier alpha value is -4.15. The number of hydrogen-bond donors (Lipinski definition) is 1. The predicted octanol–water partition coefficient (Wildman–Crippen LogP) is 1.80. The molecule has 0 radical (unpaired) electrons. The molecule has 1 atom stereocenters. The van der Waals surface area contributed by atoms with Gasteiger partial charge in [-0.2, -0.15) is 0 Å². The van der Waals surface area contributed by atoms with Gasteiger partial charge in [0, 0.05) is 31.2 Å². The molecule has 3 aromatic heterocycles. The standard InChI is InChI=1S/C21H22N10O/c1-15-22-10-12-30(15)20-9-8-19(25-26-20)29-11-2-3-16(13-29)21(32)24-17-4-6-18(7-5-17)31-14-23-27-28-31/h4-10,12,14,16H,2-3,11,13H2,1H3,(H,24,32). The Balaban J connectivity index is 1.22. The van der Waals surface area contributed by atoms with Crippen molar-refractivity contribution in [1.82, 2.24) is 40.0 Å². The summed E-state index contributed by atoms with van der Waals surface area (Å²) in [4.78, 5) is 19.2. The molecule has 11 heteroatoms. The van der Waals surface area contributed by atoms with Crippen LogP contribution in [-0.2, 0) is 4.79 Å². The third kappa shape index (κ3) is 4.04. The maximum atomic E-state index is 12.9. The van der Waals surface area contributed by atoms with Crippen LogP contribution in [0.25, 0.3) is 11.5 Å². The molecule has 5 rings (SSSR count). The van der Waals surface area contributed by atoms with Crippen LogP contribution in [0, 0.1) is 12.8 Å². The van der Waals surface area contributed by atoms with Crippen molar-refractivity contribution in [2.75, 3.05) is 23.3 Å². The van der Waals surface area contributed by atoms with Crippen LogP contribution in [0.2, 0.25) is 0 Å². The molecule has 1 aromatic carbocycles. The van der Waals surface area contributed by atoms with E-state index in [1.807, 2.05) is 54.1 Å². The Morgan fingerprint density at radius 3 is 2.59 bits per heavy atom. The van der Waals surface area contributed by atoms with E-state index in [0.717, 1.165) is 48.2 Å². The van der Waals surface area contributed by atoms with Gasteiger partial charge in [0.25, 0.3) is 0 Å². The number of rotatable bonds is 5. The van der Waals surface area contributed by atoms with E-state index in [4.69, 9.17) is 0 Å². The number of amides is 1. The van der Waals surface area contributed by atoms with Gasteiger partial charge in [0.1, 0.15) is 12.2 Å². The molecule has 4 heterocycles. The van der Waals surface area contributed by atoms with Crippen molar-refractivity contribution in [3.05, 3.63) is 60.9 Å². The molecule has 1 saturated heterocycles. The minimum absolute atomic E-state index is 0.00323. The Morgan fingerprint density at radius 2 is 1.91 bits per heavy atom. The average Bonchev–Trinajstić information content (AvgIpc) is 3.52. The van der Waals surface area contributed by atoms with Crippen molar-refractivity contribution in [1.29, 1.82) is 0 Å². The maximum Gasteiger partial charge on any atom is 0.229 e. The van der Waals surface area contributed by atoms with Gasteiger partial charge in [-0.05, 0) is 66.6 Å². The Labute approximate surface area is 184 Å². The van der Waals surface area contributed by atoms with Gasteiger partial charge in [-0.1, -0.05) is 0 Å². The number of hydrogen-bond acceptors (Lipinski definition) is 8. The van der Waals surface area contributed by atoms with E-state index < -0.39 is 0 Å². The fourth-order valence-corrected chi connectivity index (χ4v) is 3.86. The summed E-state index contributed by atoms with van der Waals surface area (Å²) in [5.41, 5.74) is 1.56. The second-order valence-corrected chi connectivity index (χ2v) is 7.67.